The lowest BCUT2D eigenvalue weighted by molar-refractivity contribution is 0.606. The topological polar surface area (TPSA) is 72.0 Å². The van der Waals surface area contributed by atoms with Crippen molar-refractivity contribution in [3.63, 3.8) is 0 Å². The summed E-state index contributed by atoms with van der Waals surface area (Å²) in [6, 6.07) is 9.99. The normalized spacial score (nSPS) is 11.4. The van der Waals surface area contributed by atoms with E-state index in [1.165, 1.54) is 28.7 Å². The van der Waals surface area contributed by atoms with Gasteiger partial charge in [-0.3, -0.25) is 4.72 Å². The first-order chi connectivity index (χ1) is 8.53. The predicted octanol–water partition coefficient (Wildman–Crippen LogP) is 2.20. The molecule has 0 fully saturated rings. The van der Waals surface area contributed by atoms with Crippen molar-refractivity contribution in [2.24, 2.45) is 0 Å². The molecule has 2 aromatic rings. The lowest BCUT2D eigenvalue weighted by atomic mass is 10.2. The van der Waals surface area contributed by atoms with E-state index in [4.69, 9.17) is 0 Å². The Morgan fingerprint density at radius 2 is 2.00 bits per heavy atom. The van der Waals surface area contributed by atoms with Gasteiger partial charge in [0.15, 0.2) is 4.34 Å². The molecule has 0 aliphatic rings. The minimum atomic E-state index is -3.28. The fraction of sp³-hybridized carbons (Fsp3) is 0.200. The molecule has 0 amide bonds. The second-order valence-electron chi connectivity index (χ2n) is 3.52. The summed E-state index contributed by atoms with van der Waals surface area (Å²) < 4.78 is 25.1. The van der Waals surface area contributed by atoms with Crippen LogP contribution in [-0.4, -0.2) is 24.9 Å². The molecule has 2 rings (SSSR count). The van der Waals surface area contributed by atoms with Crippen LogP contribution < -0.4 is 4.72 Å². The van der Waals surface area contributed by atoms with E-state index in [1.54, 1.807) is 0 Å². The Labute approximate surface area is 114 Å². The molecule has 8 heteroatoms. The molecule has 1 aromatic carbocycles. The molecular weight excluding hydrogens is 290 g/mol. The summed E-state index contributed by atoms with van der Waals surface area (Å²) in [4.78, 5) is 0. The zero-order valence-corrected chi connectivity index (χ0v) is 12.0. The number of anilines is 1. The molecule has 1 aromatic heterocycles. The Morgan fingerprint density at radius 3 is 2.67 bits per heavy atom. The van der Waals surface area contributed by atoms with Gasteiger partial charge in [-0.25, -0.2) is 8.42 Å². The molecule has 96 valence electrons. The zero-order chi connectivity index (χ0) is 13.0. The van der Waals surface area contributed by atoms with Crippen molar-refractivity contribution in [2.45, 2.75) is 10.1 Å². The Bertz CT molecular complexity index is 610. The number of aromatic nitrogens is 2. The Morgan fingerprint density at radius 1 is 1.28 bits per heavy atom. The van der Waals surface area contributed by atoms with Crippen LogP contribution in [0, 0.1) is 0 Å². The van der Waals surface area contributed by atoms with Crippen molar-refractivity contribution in [3.05, 3.63) is 35.9 Å². The molecule has 0 saturated heterocycles. The fourth-order valence-electron chi connectivity index (χ4n) is 1.19. The third-order valence-corrected chi connectivity index (χ3v) is 4.62. The SMILES string of the molecule is CS(=O)(=O)Nc1nnc(SCc2ccccc2)s1. The van der Waals surface area contributed by atoms with Crippen LogP contribution in [0.5, 0.6) is 0 Å². The summed E-state index contributed by atoms with van der Waals surface area (Å²) in [6.07, 6.45) is 1.09. The lowest BCUT2D eigenvalue weighted by Gasteiger charge is -1.97. The van der Waals surface area contributed by atoms with E-state index < -0.39 is 10.0 Å². The first-order valence-electron chi connectivity index (χ1n) is 5.01. The predicted molar refractivity (Wildman–Crippen MR) is 74.4 cm³/mol. The van der Waals surface area contributed by atoms with E-state index in [2.05, 4.69) is 14.9 Å². The van der Waals surface area contributed by atoms with Crippen LogP contribution in [0.2, 0.25) is 0 Å². The zero-order valence-electron chi connectivity index (χ0n) is 9.53. The number of sulfonamides is 1. The van der Waals surface area contributed by atoms with Crippen LogP contribution in [0.15, 0.2) is 34.7 Å². The summed E-state index contributed by atoms with van der Waals surface area (Å²) in [5.74, 6) is 0.786. The van der Waals surface area contributed by atoms with Gasteiger partial charge in [0.2, 0.25) is 15.2 Å². The molecule has 0 aliphatic heterocycles. The highest BCUT2D eigenvalue weighted by molar-refractivity contribution is 8.00. The highest BCUT2D eigenvalue weighted by Gasteiger charge is 2.08. The first kappa shape index (κ1) is 13.3. The Hall–Kier alpha value is -1.12. The van der Waals surface area contributed by atoms with E-state index >= 15 is 0 Å². The number of hydrogen-bond donors (Lipinski definition) is 1. The number of thioether (sulfide) groups is 1. The molecule has 0 spiro atoms. The Balaban J connectivity index is 1.95. The number of nitrogens with zero attached hydrogens (tertiary/aromatic N) is 2. The highest BCUT2D eigenvalue weighted by Crippen LogP contribution is 2.28. The van der Waals surface area contributed by atoms with Crippen LogP contribution in [0.1, 0.15) is 5.56 Å². The van der Waals surface area contributed by atoms with Gasteiger partial charge in [0.05, 0.1) is 6.26 Å². The van der Waals surface area contributed by atoms with Crippen molar-refractivity contribution in [3.8, 4) is 0 Å². The molecule has 0 unspecified atom stereocenters. The van der Waals surface area contributed by atoms with E-state index in [1.807, 2.05) is 30.3 Å². The average molecular weight is 301 g/mol. The summed E-state index contributed by atoms with van der Waals surface area (Å²) in [5.41, 5.74) is 1.19. The minimum Gasteiger partial charge on any atom is -0.257 e. The number of hydrogen-bond acceptors (Lipinski definition) is 6. The molecule has 0 bridgehead atoms. The molecule has 1 heterocycles. The van der Waals surface area contributed by atoms with E-state index in [-0.39, 0.29) is 0 Å². The van der Waals surface area contributed by atoms with E-state index in [0.717, 1.165) is 16.3 Å². The second kappa shape index (κ2) is 5.68. The molecular formula is C10H11N3O2S3. The van der Waals surface area contributed by atoms with Crippen LogP contribution in [0.4, 0.5) is 5.13 Å². The van der Waals surface area contributed by atoms with Gasteiger partial charge in [0, 0.05) is 5.75 Å². The van der Waals surface area contributed by atoms with Crippen LogP contribution in [-0.2, 0) is 15.8 Å². The van der Waals surface area contributed by atoms with Gasteiger partial charge >= 0.3 is 0 Å². The molecule has 1 N–H and O–H groups in total. The molecule has 0 radical (unpaired) electrons. The largest absolute Gasteiger partial charge is 0.257 e. The van der Waals surface area contributed by atoms with Gasteiger partial charge in [-0.1, -0.05) is 53.4 Å². The summed E-state index contributed by atoms with van der Waals surface area (Å²) >= 11 is 2.76. The van der Waals surface area contributed by atoms with Crippen molar-refractivity contribution >= 4 is 38.3 Å². The van der Waals surface area contributed by atoms with Gasteiger partial charge in [-0.05, 0) is 5.56 Å². The number of benzene rings is 1. The highest BCUT2D eigenvalue weighted by atomic mass is 32.2. The smallest absolute Gasteiger partial charge is 0.231 e. The molecule has 18 heavy (non-hydrogen) atoms. The third-order valence-electron chi connectivity index (χ3n) is 1.88. The van der Waals surface area contributed by atoms with Gasteiger partial charge < -0.3 is 0 Å². The van der Waals surface area contributed by atoms with Crippen LogP contribution in [0.25, 0.3) is 0 Å². The van der Waals surface area contributed by atoms with Crippen molar-refractivity contribution in [1.82, 2.24) is 10.2 Å². The van der Waals surface area contributed by atoms with Gasteiger partial charge in [-0.2, -0.15) is 0 Å². The molecule has 0 aliphatic carbocycles. The maximum absolute atomic E-state index is 11.0. The third kappa shape index (κ3) is 4.28. The van der Waals surface area contributed by atoms with Crippen molar-refractivity contribution in [1.29, 1.82) is 0 Å². The fourth-order valence-corrected chi connectivity index (χ4v) is 3.73. The van der Waals surface area contributed by atoms with Crippen molar-refractivity contribution < 1.29 is 8.42 Å². The van der Waals surface area contributed by atoms with Crippen molar-refractivity contribution in [2.75, 3.05) is 11.0 Å². The van der Waals surface area contributed by atoms with Crippen LogP contribution in [0.3, 0.4) is 0 Å². The Kier molecular flexibility index (Phi) is 4.20. The molecule has 0 saturated carbocycles. The standard InChI is InChI=1S/C10H11N3O2S3/c1-18(14,15)13-9-11-12-10(17-9)16-7-8-5-3-2-4-6-8/h2-6H,7H2,1H3,(H,11,13). The summed E-state index contributed by atoms with van der Waals surface area (Å²) in [5, 5.41) is 7.99. The molecule has 5 nitrogen and oxygen atoms in total. The molecule has 0 atom stereocenters. The number of nitrogens with one attached hydrogen (secondary N) is 1. The maximum atomic E-state index is 11.0. The lowest BCUT2D eigenvalue weighted by Crippen LogP contribution is -2.08. The van der Waals surface area contributed by atoms with Gasteiger partial charge in [-0.15, -0.1) is 10.2 Å². The number of rotatable bonds is 5. The first-order valence-corrected chi connectivity index (χ1v) is 8.70. The van der Waals surface area contributed by atoms with E-state index in [9.17, 15) is 8.42 Å². The summed E-state index contributed by atoms with van der Waals surface area (Å²) in [6.45, 7) is 0. The monoisotopic (exact) mass is 301 g/mol. The average Bonchev–Trinajstić information content (AvgIpc) is 2.73. The summed E-state index contributed by atoms with van der Waals surface area (Å²) in [7, 11) is -3.28. The van der Waals surface area contributed by atoms with Gasteiger partial charge in [0.1, 0.15) is 0 Å². The van der Waals surface area contributed by atoms with E-state index in [0.29, 0.717) is 5.13 Å². The van der Waals surface area contributed by atoms with Crippen LogP contribution >= 0.6 is 23.1 Å². The van der Waals surface area contributed by atoms with Gasteiger partial charge in [0.25, 0.3) is 0 Å². The second-order valence-corrected chi connectivity index (χ2v) is 7.47. The quantitative estimate of drug-likeness (QED) is 0.857. The minimum absolute atomic E-state index is 0.299. The maximum Gasteiger partial charge on any atom is 0.231 e.